The summed E-state index contributed by atoms with van der Waals surface area (Å²) in [5.74, 6) is -3.16. The highest BCUT2D eigenvalue weighted by Gasteiger charge is 2.30. The first-order valence-corrected chi connectivity index (χ1v) is 4.96. The minimum absolute atomic E-state index is 0.00947. The fourth-order valence-electron chi connectivity index (χ4n) is 0.600. The Morgan fingerprint density at radius 3 is 2.29 bits per heavy atom. The number of Topliss-reactive ketones (excluding diaryl/α,β-unsaturated/α-hetero) is 1. The number of carbonyl (C=O) groups is 1. The van der Waals surface area contributed by atoms with Crippen LogP contribution in [0.2, 0.25) is 0 Å². The van der Waals surface area contributed by atoms with Crippen LogP contribution in [0.5, 0.6) is 0 Å². The summed E-state index contributed by atoms with van der Waals surface area (Å²) in [5, 5.41) is -0.361. The third kappa shape index (κ3) is 5.85. The molecule has 14 heavy (non-hydrogen) atoms. The van der Waals surface area contributed by atoms with Gasteiger partial charge in [-0.15, -0.1) is 0 Å². The van der Waals surface area contributed by atoms with Gasteiger partial charge < -0.3 is 0 Å². The molecule has 0 fully saturated rings. The number of hydrogen-bond acceptors (Lipinski definition) is 3. The van der Waals surface area contributed by atoms with Crippen molar-refractivity contribution in [3.63, 3.8) is 0 Å². The maximum absolute atomic E-state index is 12.9. The van der Waals surface area contributed by atoms with Gasteiger partial charge in [-0.25, -0.2) is 4.99 Å². The molecule has 0 aromatic rings. The Hall–Kier alpha value is -0.710. The number of ketones is 1. The van der Waals surface area contributed by atoms with E-state index < -0.39 is 5.92 Å². The lowest BCUT2D eigenvalue weighted by Gasteiger charge is -2.12. The van der Waals surface area contributed by atoms with Gasteiger partial charge in [0, 0.05) is 12.6 Å². The van der Waals surface area contributed by atoms with Crippen LogP contribution in [0.25, 0.3) is 0 Å². The number of rotatable bonds is 4. The molecule has 0 aromatic heterocycles. The SMILES string of the molecule is C=C(C)/N=C(\SCC(C)=O)C(C)(F)F. The lowest BCUT2D eigenvalue weighted by atomic mass is 10.4. The molecule has 0 amide bonds. The molecule has 0 aliphatic heterocycles. The quantitative estimate of drug-likeness (QED) is 0.539. The molecule has 0 spiro atoms. The molecule has 0 radical (unpaired) electrons. The van der Waals surface area contributed by atoms with E-state index >= 15 is 0 Å². The molecule has 5 heteroatoms. The third-order valence-electron chi connectivity index (χ3n) is 1.08. The molecule has 2 nitrogen and oxygen atoms in total. The number of thioether (sulfide) groups is 1. The molecule has 0 unspecified atom stereocenters. The number of allylic oxidation sites excluding steroid dienone is 1. The topological polar surface area (TPSA) is 29.4 Å². The van der Waals surface area contributed by atoms with Crippen LogP contribution in [0.1, 0.15) is 20.8 Å². The van der Waals surface area contributed by atoms with Gasteiger partial charge in [0.05, 0.1) is 5.75 Å². The van der Waals surface area contributed by atoms with Gasteiger partial charge in [-0.2, -0.15) is 8.78 Å². The molecule has 80 valence electrons. The highest BCUT2D eigenvalue weighted by molar-refractivity contribution is 8.14. The van der Waals surface area contributed by atoms with Gasteiger partial charge >= 0.3 is 0 Å². The molecule has 0 N–H and O–H groups in total. The van der Waals surface area contributed by atoms with Crippen LogP contribution in [0.3, 0.4) is 0 Å². The lowest BCUT2D eigenvalue weighted by molar-refractivity contribution is -0.114. The predicted molar refractivity (Wildman–Crippen MR) is 56.0 cm³/mol. The monoisotopic (exact) mass is 221 g/mol. The maximum Gasteiger partial charge on any atom is 0.292 e. The molecule has 0 bridgehead atoms. The van der Waals surface area contributed by atoms with E-state index in [2.05, 4.69) is 11.6 Å². The number of alkyl halides is 2. The average molecular weight is 221 g/mol. The predicted octanol–water partition coefficient (Wildman–Crippen LogP) is 2.90. The Morgan fingerprint density at radius 1 is 1.50 bits per heavy atom. The van der Waals surface area contributed by atoms with E-state index in [9.17, 15) is 13.6 Å². The van der Waals surface area contributed by atoms with Gasteiger partial charge in [0.1, 0.15) is 10.8 Å². The summed E-state index contributed by atoms with van der Waals surface area (Å²) in [6.07, 6.45) is 0. The minimum atomic E-state index is -3.01. The summed E-state index contributed by atoms with van der Waals surface area (Å²) in [5.41, 5.74) is 0.303. The minimum Gasteiger partial charge on any atom is -0.299 e. The molecule has 0 aliphatic rings. The Kier molecular flexibility index (Phi) is 4.97. The normalized spacial score (nSPS) is 12.8. The Balaban J connectivity index is 4.59. The van der Waals surface area contributed by atoms with Crippen molar-refractivity contribution in [2.75, 3.05) is 5.75 Å². The van der Waals surface area contributed by atoms with Crippen LogP contribution in [0, 0.1) is 0 Å². The van der Waals surface area contributed by atoms with Gasteiger partial charge in [0.25, 0.3) is 5.92 Å². The van der Waals surface area contributed by atoms with Crippen molar-refractivity contribution in [2.24, 2.45) is 4.99 Å². The zero-order valence-electron chi connectivity index (χ0n) is 8.43. The zero-order chi connectivity index (χ0) is 11.4. The van der Waals surface area contributed by atoms with Crippen molar-refractivity contribution in [1.29, 1.82) is 0 Å². The second kappa shape index (κ2) is 5.24. The Bertz CT molecular complexity index is 268. The summed E-state index contributed by atoms with van der Waals surface area (Å²) < 4.78 is 25.8. The van der Waals surface area contributed by atoms with Crippen molar-refractivity contribution in [3.8, 4) is 0 Å². The van der Waals surface area contributed by atoms with Crippen LogP contribution in [-0.4, -0.2) is 22.5 Å². The summed E-state index contributed by atoms with van der Waals surface area (Å²) in [6, 6.07) is 0. The number of nitrogens with zero attached hydrogens (tertiary/aromatic N) is 1. The van der Waals surface area contributed by atoms with Gasteiger partial charge in [-0.1, -0.05) is 18.3 Å². The smallest absolute Gasteiger partial charge is 0.292 e. The number of halogens is 2. The molecule has 0 atom stereocenters. The van der Waals surface area contributed by atoms with Crippen molar-refractivity contribution in [3.05, 3.63) is 12.3 Å². The van der Waals surface area contributed by atoms with Crippen molar-refractivity contribution in [1.82, 2.24) is 0 Å². The second-order valence-electron chi connectivity index (χ2n) is 3.03. The molecule has 0 rings (SSSR count). The van der Waals surface area contributed by atoms with Gasteiger partial charge in [-0.05, 0) is 13.8 Å². The van der Waals surface area contributed by atoms with E-state index in [1.54, 1.807) is 0 Å². The van der Waals surface area contributed by atoms with Gasteiger partial charge in [-0.3, -0.25) is 4.79 Å². The molecule has 0 aromatic carbocycles. The van der Waals surface area contributed by atoms with Gasteiger partial charge in [0.15, 0.2) is 0 Å². The van der Waals surface area contributed by atoms with Crippen LogP contribution >= 0.6 is 11.8 Å². The molecule has 0 aliphatic carbocycles. The average Bonchev–Trinajstić information content (AvgIpc) is 1.94. The lowest BCUT2D eigenvalue weighted by Crippen LogP contribution is -2.22. The van der Waals surface area contributed by atoms with Gasteiger partial charge in [0.2, 0.25) is 0 Å². The van der Waals surface area contributed by atoms with Crippen LogP contribution < -0.4 is 0 Å². The van der Waals surface area contributed by atoms with Crippen molar-refractivity contribution < 1.29 is 13.6 Å². The standard InChI is InChI=1S/C9H13F2NOS/c1-6(2)12-8(9(4,10)11)14-5-7(3)13/h1,5H2,2-4H3/b12-8-. The third-order valence-corrected chi connectivity index (χ3v) is 2.35. The first-order valence-electron chi connectivity index (χ1n) is 3.98. The van der Waals surface area contributed by atoms with E-state index in [1.165, 1.54) is 13.8 Å². The Morgan fingerprint density at radius 2 is 2.00 bits per heavy atom. The fourth-order valence-corrected chi connectivity index (χ4v) is 1.41. The first-order chi connectivity index (χ1) is 6.23. The van der Waals surface area contributed by atoms with E-state index in [4.69, 9.17) is 0 Å². The summed E-state index contributed by atoms with van der Waals surface area (Å²) in [6.45, 7) is 7.04. The zero-order valence-corrected chi connectivity index (χ0v) is 9.25. The molecular weight excluding hydrogens is 208 g/mol. The fraction of sp³-hybridized carbons (Fsp3) is 0.556. The number of hydrogen-bond donors (Lipinski definition) is 0. The summed E-state index contributed by atoms with van der Waals surface area (Å²) in [4.78, 5) is 14.2. The molecule has 0 saturated heterocycles. The molecule has 0 heterocycles. The second-order valence-corrected chi connectivity index (χ2v) is 4.00. The van der Waals surface area contributed by atoms with Crippen LogP contribution in [0.4, 0.5) is 8.78 Å². The Labute approximate surface area is 86.5 Å². The molecule has 0 saturated carbocycles. The maximum atomic E-state index is 12.9. The van der Waals surface area contributed by atoms with E-state index in [1.807, 2.05) is 0 Å². The van der Waals surface area contributed by atoms with E-state index in [-0.39, 0.29) is 16.6 Å². The summed E-state index contributed by atoms with van der Waals surface area (Å²) in [7, 11) is 0. The van der Waals surface area contributed by atoms with Crippen LogP contribution in [-0.2, 0) is 4.79 Å². The van der Waals surface area contributed by atoms with Crippen molar-refractivity contribution >= 4 is 22.6 Å². The van der Waals surface area contributed by atoms with E-state index in [0.29, 0.717) is 5.70 Å². The highest BCUT2D eigenvalue weighted by Crippen LogP contribution is 2.24. The summed E-state index contributed by atoms with van der Waals surface area (Å²) >= 11 is 0.755. The number of aliphatic imine (C=N–C) groups is 1. The largest absolute Gasteiger partial charge is 0.299 e. The van der Waals surface area contributed by atoms with Crippen LogP contribution in [0.15, 0.2) is 17.3 Å². The first kappa shape index (κ1) is 13.3. The highest BCUT2D eigenvalue weighted by atomic mass is 32.2. The van der Waals surface area contributed by atoms with Crippen molar-refractivity contribution in [2.45, 2.75) is 26.7 Å². The number of carbonyl (C=O) groups excluding carboxylic acids is 1. The molecular formula is C9H13F2NOS. The van der Waals surface area contributed by atoms with E-state index in [0.717, 1.165) is 18.7 Å².